The molecule has 4 heteroatoms. The van der Waals surface area contributed by atoms with E-state index in [0.29, 0.717) is 12.8 Å². The Morgan fingerprint density at radius 1 is 1.00 bits per heavy atom. The molecule has 2 rings (SSSR count). The van der Waals surface area contributed by atoms with Gasteiger partial charge in [0.2, 0.25) is 0 Å². The molecule has 1 nitrogen and oxygen atoms in total. The highest BCUT2D eigenvalue weighted by Crippen LogP contribution is 2.38. The normalized spacial score (nSPS) is 24.9. The molecule has 1 aliphatic carbocycles. The number of halogens is 3. The summed E-state index contributed by atoms with van der Waals surface area (Å²) in [4.78, 5) is 0. The van der Waals surface area contributed by atoms with Crippen LogP contribution in [0, 0.1) is 12.8 Å². The Kier molecular flexibility index (Phi) is 3.83. The highest BCUT2D eigenvalue weighted by atomic mass is 19.4. The van der Waals surface area contributed by atoms with Crippen LogP contribution in [0.15, 0.2) is 24.3 Å². The van der Waals surface area contributed by atoms with E-state index in [2.05, 4.69) is 5.32 Å². The minimum absolute atomic E-state index is 0.173. The molecule has 100 valence electrons. The van der Waals surface area contributed by atoms with Crippen LogP contribution < -0.4 is 5.32 Å². The van der Waals surface area contributed by atoms with Crippen LogP contribution in [-0.2, 0) is 0 Å². The summed E-state index contributed by atoms with van der Waals surface area (Å²) in [5, 5.41) is 3.31. The van der Waals surface area contributed by atoms with Crippen LogP contribution in [0.25, 0.3) is 0 Å². The van der Waals surface area contributed by atoms with E-state index in [4.69, 9.17) is 0 Å². The van der Waals surface area contributed by atoms with Gasteiger partial charge in [0.25, 0.3) is 0 Å². The molecule has 0 amide bonds. The van der Waals surface area contributed by atoms with Crippen molar-refractivity contribution in [3.05, 3.63) is 29.8 Å². The maximum Gasteiger partial charge on any atom is 0.391 e. The predicted molar refractivity (Wildman–Crippen MR) is 66.6 cm³/mol. The second kappa shape index (κ2) is 5.21. The lowest BCUT2D eigenvalue weighted by atomic mass is 9.85. The summed E-state index contributed by atoms with van der Waals surface area (Å²) in [6, 6.07) is 8.13. The minimum atomic E-state index is -4.02. The Bertz CT molecular complexity index is 375. The zero-order chi connectivity index (χ0) is 13.2. The van der Waals surface area contributed by atoms with Crippen molar-refractivity contribution in [2.24, 2.45) is 5.92 Å². The van der Waals surface area contributed by atoms with Gasteiger partial charge in [-0.3, -0.25) is 0 Å². The standard InChI is InChI=1S/C14H18F3N/c1-10-2-6-12(7-3-10)18-13-8-4-11(5-9-13)14(15,16)17/h2-3,6-7,11,13,18H,4-5,8-9H2,1H3. The number of aryl methyl sites for hydroxylation is 1. The van der Waals surface area contributed by atoms with Gasteiger partial charge in [0.1, 0.15) is 0 Å². The summed E-state index contributed by atoms with van der Waals surface area (Å²) >= 11 is 0. The molecule has 0 radical (unpaired) electrons. The third kappa shape index (κ3) is 3.40. The van der Waals surface area contributed by atoms with Gasteiger partial charge in [0, 0.05) is 11.7 Å². The van der Waals surface area contributed by atoms with E-state index >= 15 is 0 Å². The van der Waals surface area contributed by atoms with Gasteiger partial charge >= 0.3 is 6.18 Å². The smallest absolute Gasteiger partial charge is 0.382 e. The summed E-state index contributed by atoms with van der Waals surface area (Å²) < 4.78 is 37.6. The second-order valence-electron chi connectivity index (χ2n) is 5.10. The molecule has 1 aromatic carbocycles. The molecular weight excluding hydrogens is 239 g/mol. The Labute approximate surface area is 105 Å². The van der Waals surface area contributed by atoms with Crippen molar-refractivity contribution < 1.29 is 13.2 Å². The average molecular weight is 257 g/mol. The van der Waals surface area contributed by atoms with E-state index in [1.807, 2.05) is 31.2 Å². The van der Waals surface area contributed by atoms with E-state index in [1.165, 1.54) is 5.56 Å². The molecule has 1 saturated carbocycles. The third-order valence-corrected chi connectivity index (χ3v) is 3.61. The molecule has 0 bridgehead atoms. The Balaban J connectivity index is 1.85. The first-order valence-corrected chi connectivity index (χ1v) is 6.35. The van der Waals surface area contributed by atoms with Gasteiger partial charge in [-0.05, 0) is 44.7 Å². The maximum atomic E-state index is 12.5. The highest BCUT2D eigenvalue weighted by molar-refractivity contribution is 5.45. The van der Waals surface area contributed by atoms with E-state index in [0.717, 1.165) is 5.69 Å². The molecule has 1 aromatic rings. The molecule has 0 aliphatic heterocycles. The Morgan fingerprint density at radius 3 is 2.06 bits per heavy atom. The SMILES string of the molecule is Cc1ccc(NC2CCC(C(F)(F)F)CC2)cc1. The second-order valence-corrected chi connectivity index (χ2v) is 5.10. The Hall–Kier alpha value is -1.19. The molecule has 1 N–H and O–H groups in total. The van der Waals surface area contributed by atoms with Crippen LogP contribution in [0.1, 0.15) is 31.2 Å². The quantitative estimate of drug-likeness (QED) is 0.820. The van der Waals surface area contributed by atoms with Gasteiger partial charge in [-0.15, -0.1) is 0 Å². The number of alkyl halides is 3. The lowest BCUT2D eigenvalue weighted by Crippen LogP contribution is -2.32. The zero-order valence-corrected chi connectivity index (χ0v) is 10.4. The molecule has 18 heavy (non-hydrogen) atoms. The topological polar surface area (TPSA) is 12.0 Å². The lowest BCUT2D eigenvalue weighted by molar-refractivity contribution is -0.182. The van der Waals surface area contributed by atoms with Crippen molar-refractivity contribution in [1.29, 1.82) is 0 Å². The monoisotopic (exact) mass is 257 g/mol. The summed E-state index contributed by atoms with van der Waals surface area (Å²) in [5.41, 5.74) is 2.18. The molecule has 0 heterocycles. The van der Waals surface area contributed by atoms with Gasteiger partial charge in [-0.1, -0.05) is 17.7 Å². The first kappa shape index (κ1) is 13.2. The minimum Gasteiger partial charge on any atom is -0.382 e. The van der Waals surface area contributed by atoms with Crippen LogP contribution in [0.2, 0.25) is 0 Å². The molecule has 0 unspecified atom stereocenters. The van der Waals surface area contributed by atoms with E-state index in [-0.39, 0.29) is 18.9 Å². The van der Waals surface area contributed by atoms with Crippen LogP contribution in [0.4, 0.5) is 18.9 Å². The maximum absolute atomic E-state index is 12.5. The lowest BCUT2D eigenvalue weighted by Gasteiger charge is -2.30. The fourth-order valence-electron chi connectivity index (χ4n) is 2.45. The summed E-state index contributed by atoms with van der Waals surface area (Å²) in [5.74, 6) is -1.10. The molecule has 1 aliphatic rings. The third-order valence-electron chi connectivity index (χ3n) is 3.61. The predicted octanol–water partition coefficient (Wildman–Crippen LogP) is 4.53. The molecule has 0 spiro atoms. The number of hydrogen-bond donors (Lipinski definition) is 1. The fourth-order valence-corrected chi connectivity index (χ4v) is 2.45. The van der Waals surface area contributed by atoms with Crippen LogP contribution in [0.3, 0.4) is 0 Å². The highest BCUT2D eigenvalue weighted by Gasteiger charge is 2.41. The van der Waals surface area contributed by atoms with Gasteiger partial charge in [-0.2, -0.15) is 13.2 Å². The molecule has 1 fully saturated rings. The molecular formula is C14H18F3N. The van der Waals surface area contributed by atoms with Gasteiger partial charge in [0.05, 0.1) is 5.92 Å². The number of hydrogen-bond acceptors (Lipinski definition) is 1. The molecule has 0 atom stereocenters. The van der Waals surface area contributed by atoms with Crippen LogP contribution in [-0.4, -0.2) is 12.2 Å². The van der Waals surface area contributed by atoms with Crippen molar-refractivity contribution in [1.82, 2.24) is 0 Å². The summed E-state index contributed by atoms with van der Waals surface area (Å²) in [7, 11) is 0. The van der Waals surface area contributed by atoms with Crippen molar-refractivity contribution in [3.63, 3.8) is 0 Å². The van der Waals surface area contributed by atoms with Crippen LogP contribution >= 0.6 is 0 Å². The number of benzene rings is 1. The fraction of sp³-hybridized carbons (Fsp3) is 0.571. The van der Waals surface area contributed by atoms with Gasteiger partial charge in [-0.25, -0.2) is 0 Å². The largest absolute Gasteiger partial charge is 0.391 e. The van der Waals surface area contributed by atoms with E-state index < -0.39 is 12.1 Å². The average Bonchev–Trinajstić information content (AvgIpc) is 2.32. The number of anilines is 1. The van der Waals surface area contributed by atoms with E-state index in [1.54, 1.807) is 0 Å². The molecule has 0 aromatic heterocycles. The number of nitrogens with one attached hydrogen (secondary N) is 1. The van der Waals surface area contributed by atoms with Crippen molar-refractivity contribution >= 4 is 5.69 Å². The number of rotatable bonds is 2. The van der Waals surface area contributed by atoms with Crippen molar-refractivity contribution in [2.45, 2.75) is 44.8 Å². The van der Waals surface area contributed by atoms with E-state index in [9.17, 15) is 13.2 Å². The van der Waals surface area contributed by atoms with Gasteiger partial charge < -0.3 is 5.32 Å². The first-order chi connectivity index (χ1) is 8.45. The summed E-state index contributed by atoms with van der Waals surface area (Å²) in [6.07, 6.45) is -2.34. The van der Waals surface area contributed by atoms with Crippen molar-refractivity contribution in [3.8, 4) is 0 Å². The first-order valence-electron chi connectivity index (χ1n) is 6.35. The van der Waals surface area contributed by atoms with Gasteiger partial charge in [0.15, 0.2) is 0 Å². The van der Waals surface area contributed by atoms with Crippen molar-refractivity contribution in [2.75, 3.05) is 5.32 Å². The Morgan fingerprint density at radius 2 is 1.56 bits per heavy atom. The molecule has 0 saturated heterocycles. The zero-order valence-electron chi connectivity index (χ0n) is 10.4. The van der Waals surface area contributed by atoms with Crippen LogP contribution in [0.5, 0.6) is 0 Å². The summed E-state index contributed by atoms with van der Waals surface area (Å²) in [6.45, 7) is 2.01.